The number of carbonyl (C=O) groups is 3. The van der Waals surface area contributed by atoms with Crippen LogP contribution < -0.4 is 16.0 Å². The van der Waals surface area contributed by atoms with E-state index in [0.29, 0.717) is 36.3 Å². The van der Waals surface area contributed by atoms with Gasteiger partial charge in [-0.3, -0.25) is 23.7 Å². The monoisotopic (exact) mass is 467 g/mol. The highest BCUT2D eigenvalue weighted by atomic mass is 16.2. The van der Waals surface area contributed by atoms with E-state index in [1.807, 2.05) is 13.8 Å². The predicted molar refractivity (Wildman–Crippen MR) is 125 cm³/mol. The van der Waals surface area contributed by atoms with Crippen molar-refractivity contribution in [2.24, 2.45) is 23.7 Å². The maximum Gasteiger partial charge on any atom is 0.270 e. The van der Waals surface area contributed by atoms with Crippen LogP contribution >= 0.6 is 0 Å². The second kappa shape index (κ2) is 9.23. The van der Waals surface area contributed by atoms with Gasteiger partial charge in [0.15, 0.2) is 0 Å². The van der Waals surface area contributed by atoms with Gasteiger partial charge in [-0.1, -0.05) is 0 Å². The summed E-state index contributed by atoms with van der Waals surface area (Å²) in [7, 11) is 0. The molecule has 3 N–H and O–H groups in total. The standard InChI is InChI=1S/C24H33N7O3/c1-14(2)31-19(8-10-26-31)23(33)29-21(20(15-3-4-15)16-5-6-16)24(34)28-18-11-27-30(13-18)12-17-7-9-25-22(17)32/h8,10-11,13-17,20-21H,3-7,9,12H2,1-2H3,(H,25,32)(H,28,34)(H,29,33)/t17?,21-/m0/s1. The highest BCUT2D eigenvalue weighted by molar-refractivity contribution is 6.00. The van der Waals surface area contributed by atoms with E-state index in [-0.39, 0.29) is 35.6 Å². The molecule has 10 heteroatoms. The van der Waals surface area contributed by atoms with Gasteiger partial charge in [0.25, 0.3) is 5.91 Å². The Kier molecular flexibility index (Phi) is 6.14. The molecule has 0 aromatic carbocycles. The Morgan fingerprint density at radius 3 is 2.50 bits per heavy atom. The van der Waals surface area contributed by atoms with E-state index >= 15 is 0 Å². The lowest BCUT2D eigenvalue weighted by atomic mass is 9.88. The predicted octanol–water partition coefficient (Wildman–Crippen LogP) is 1.97. The number of rotatable bonds is 10. The first-order valence-electron chi connectivity index (χ1n) is 12.4. The maximum absolute atomic E-state index is 13.5. The minimum absolute atomic E-state index is 0.0403. The van der Waals surface area contributed by atoms with Crippen LogP contribution in [0.4, 0.5) is 5.69 Å². The van der Waals surface area contributed by atoms with Gasteiger partial charge in [-0.15, -0.1) is 0 Å². The van der Waals surface area contributed by atoms with E-state index < -0.39 is 6.04 Å². The van der Waals surface area contributed by atoms with Crippen molar-refractivity contribution in [1.29, 1.82) is 0 Å². The summed E-state index contributed by atoms with van der Waals surface area (Å²) in [5.41, 5.74) is 1.03. The molecule has 1 saturated heterocycles. The third kappa shape index (κ3) is 4.85. The van der Waals surface area contributed by atoms with Crippen LogP contribution in [0.25, 0.3) is 0 Å². The molecule has 2 saturated carbocycles. The average molecular weight is 468 g/mol. The largest absolute Gasteiger partial charge is 0.356 e. The number of carbonyl (C=O) groups excluding carboxylic acids is 3. The molecule has 2 aromatic rings. The molecule has 5 rings (SSSR count). The van der Waals surface area contributed by atoms with Gasteiger partial charge in [0.2, 0.25) is 11.8 Å². The molecular weight excluding hydrogens is 434 g/mol. The quantitative estimate of drug-likeness (QED) is 0.493. The fourth-order valence-corrected chi connectivity index (χ4v) is 5.14. The Morgan fingerprint density at radius 2 is 1.88 bits per heavy atom. The van der Waals surface area contributed by atoms with Gasteiger partial charge in [0, 0.05) is 25.0 Å². The number of aromatic nitrogens is 4. The zero-order valence-corrected chi connectivity index (χ0v) is 19.7. The number of amides is 3. The summed E-state index contributed by atoms with van der Waals surface area (Å²) in [5.74, 6) is 0.532. The van der Waals surface area contributed by atoms with Gasteiger partial charge in [0.1, 0.15) is 11.7 Å². The van der Waals surface area contributed by atoms with Crippen molar-refractivity contribution in [2.75, 3.05) is 11.9 Å². The van der Waals surface area contributed by atoms with E-state index in [2.05, 4.69) is 26.1 Å². The fourth-order valence-electron chi connectivity index (χ4n) is 5.14. The van der Waals surface area contributed by atoms with Crippen molar-refractivity contribution in [2.45, 2.75) is 64.6 Å². The molecule has 182 valence electrons. The maximum atomic E-state index is 13.5. The highest BCUT2D eigenvalue weighted by Crippen LogP contribution is 2.50. The zero-order valence-electron chi connectivity index (χ0n) is 19.7. The lowest BCUT2D eigenvalue weighted by Crippen LogP contribution is -2.50. The summed E-state index contributed by atoms with van der Waals surface area (Å²) in [6.07, 6.45) is 10.2. The minimum Gasteiger partial charge on any atom is -0.356 e. The minimum atomic E-state index is -0.619. The molecule has 3 fully saturated rings. The van der Waals surface area contributed by atoms with Crippen molar-refractivity contribution in [3.05, 3.63) is 30.4 Å². The summed E-state index contributed by atoms with van der Waals surface area (Å²) >= 11 is 0. The molecule has 3 heterocycles. The van der Waals surface area contributed by atoms with Crippen LogP contribution in [0, 0.1) is 23.7 Å². The zero-order chi connectivity index (χ0) is 23.8. The first kappa shape index (κ1) is 22.6. The van der Waals surface area contributed by atoms with Gasteiger partial charge in [-0.2, -0.15) is 10.2 Å². The molecule has 3 amide bonds. The van der Waals surface area contributed by atoms with Crippen LogP contribution in [-0.4, -0.2) is 49.9 Å². The third-order valence-electron chi connectivity index (χ3n) is 7.15. The summed E-state index contributed by atoms with van der Waals surface area (Å²) in [4.78, 5) is 38.6. The second-order valence-corrected chi connectivity index (χ2v) is 10.2. The van der Waals surface area contributed by atoms with Gasteiger partial charge in [0.05, 0.1) is 24.3 Å². The van der Waals surface area contributed by atoms with Crippen molar-refractivity contribution < 1.29 is 14.4 Å². The molecule has 1 aliphatic heterocycles. The summed E-state index contributed by atoms with van der Waals surface area (Å²) < 4.78 is 3.37. The smallest absolute Gasteiger partial charge is 0.270 e. The number of nitrogens with zero attached hydrogens (tertiary/aromatic N) is 4. The summed E-state index contributed by atoms with van der Waals surface area (Å²) in [5, 5.41) is 17.4. The Balaban J connectivity index is 1.31. The van der Waals surface area contributed by atoms with E-state index in [4.69, 9.17) is 0 Å². The normalized spacial score (nSPS) is 21.1. The van der Waals surface area contributed by atoms with Crippen LogP contribution in [0.2, 0.25) is 0 Å². The molecule has 2 atom stereocenters. The highest BCUT2D eigenvalue weighted by Gasteiger charge is 2.48. The summed E-state index contributed by atoms with van der Waals surface area (Å²) in [6, 6.07) is 1.11. The number of hydrogen-bond donors (Lipinski definition) is 3. The van der Waals surface area contributed by atoms with Crippen LogP contribution in [0.5, 0.6) is 0 Å². The lowest BCUT2D eigenvalue weighted by molar-refractivity contribution is -0.123. The van der Waals surface area contributed by atoms with Gasteiger partial charge in [-0.25, -0.2) is 0 Å². The van der Waals surface area contributed by atoms with Gasteiger partial charge < -0.3 is 16.0 Å². The van der Waals surface area contributed by atoms with Crippen LogP contribution in [0.3, 0.4) is 0 Å². The first-order valence-corrected chi connectivity index (χ1v) is 12.4. The van der Waals surface area contributed by atoms with E-state index in [1.165, 1.54) is 0 Å². The number of anilines is 1. The Labute approximate surface area is 198 Å². The SMILES string of the molecule is CC(C)n1nccc1C(=O)N[C@H](C(=O)Nc1cnn(CC2CCNC2=O)c1)C(C1CC1)C1CC1. The van der Waals surface area contributed by atoms with Crippen LogP contribution in [0.15, 0.2) is 24.7 Å². The third-order valence-corrected chi connectivity index (χ3v) is 7.15. The van der Waals surface area contributed by atoms with E-state index in [0.717, 1.165) is 32.1 Å². The van der Waals surface area contributed by atoms with Crippen molar-refractivity contribution in [1.82, 2.24) is 30.2 Å². The molecule has 2 aromatic heterocycles. The van der Waals surface area contributed by atoms with Crippen molar-refractivity contribution >= 4 is 23.4 Å². The topological polar surface area (TPSA) is 123 Å². The number of nitrogens with one attached hydrogen (secondary N) is 3. The lowest BCUT2D eigenvalue weighted by Gasteiger charge is -2.27. The Morgan fingerprint density at radius 1 is 1.15 bits per heavy atom. The molecule has 2 aliphatic carbocycles. The Bertz CT molecular complexity index is 1050. The van der Waals surface area contributed by atoms with E-state index in [9.17, 15) is 14.4 Å². The first-order chi connectivity index (χ1) is 16.4. The molecule has 0 bridgehead atoms. The molecule has 3 aliphatic rings. The molecule has 1 unspecified atom stereocenters. The molecule has 0 radical (unpaired) electrons. The van der Waals surface area contributed by atoms with Gasteiger partial charge in [-0.05, 0) is 69.8 Å². The fraction of sp³-hybridized carbons (Fsp3) is 0.625. The van der Waals surface area contributed by atoms with Crippen LogP contribution in [-0.2, 0) is 16.1 Å². The Hall–Kier alpha value is -3.17. The molecule has 34 heavy (non-hydrogen) atoms. The van der Waals surface area contributed by atoms with Gasteiger partial charge >= 0.3 is 0 Å². The molecular formula is C24H33N7O3. The summed E-state index contributed by atoms with van der Waals surface area (Å²) in [6.45, 7) is 5.11. The molecule has 0 spiro atoms. The van der Waals surface area contributed by atoms with Crippen molar-refractivity contribution in [3.63, 3.8) is 0 Å². The van der Waals surface area contributed by atoms with Crippen LogP contribution in [0.1, 0.15) is 62.5 Å². The van der Waals surface area contributed by atoms with Crippen molar-refractivity contribution in [3.8, 4) is 0 Å². The molecule has 10 nitrogen and oxygen atoms in total. The number of hydrogen-bond acceptors (Lipinski definition) is 5. The average Bonchev–Trinajstić information content (AvgIpc) is 3.68. The van der Waals surface area contributed by atoms with E-state index in [1.54, 1.807) is 34.0 Å². The second-order valence-electron chi connectivity index (χ2n) is 10.2.